The van der Waals surface area contributed by atoms with E-state index in [1.54, 1.807) is 36.3 Å². The number of hydrogen-bond donors (Lipinski definition) is 0. The fraction of sp³-hybridized carbons (Fsp3) is 0.273. The summed E-state index contributed by atoms with van der Waals surface area (Å²) in [5.41, 5.74) is 1.81. The molecular formula is C22H22N2O4. The van der Waals surface area contributed by atoms with Crippen LogP contribution in [0.15, 0.2) is 54.1 Å². The Morgan fingerprint density at radius 2 is 1.93 bits per heavy atom. The highest BCUT2D eigenvalue weighted by Gasteiger charge is 2.20. The first-order valence-electron chi connectivity index (χ1n) is 9.05. The van der Waals surface area contributed by atoms with Gasteiger partial charge in [-0.25, -0.2) is 0 Å². The third-order valence-electron chi connectivity index (χ3n) is 4.39. The van der Waals surface area contributed by atoms with Crippen LogP contribution in [0.1, 0.15) is 11.1 Å². The third-order valence-corrected chi connectivity index (χ3v) is 4.39. The summed E-state index contributed by atoms with van der Waals surface area (Å²) in [6.07, 6.45) is 1.58. The molecule has 144 valence electrons. The van der Waals surface area contributed by atoms with Gasteiger partial charge in [-0.3, -0.25) is 4.79 Å². The fourth-order valence-corrected chi connectivity index (χ4v) is 2.88. The predicted octanol–water partition coefficient (Wildman–Crippen LogP) is 3.04. The summed E-state index contributed by atoms with van der Waals surface area (Å²) in [7, 11) is 1.57. The number of morpholine rings is 1. The molecule has 28 heavy (non-hydrogen) atoms. The molecule has 3 rings (SSSR count). The Morgan fingerprint density at radius 3 is 2.61 bits per heavy atom. The molecule has 6 nitrogen and oxygen atoms in total. The van der Waals surface area contributed by atoms with Crippen LogP contribution in [0.3, 0.4) is 0 Å². The van der Waals surface area contributed by atoms with Crippen molar-refractivity contribution < 1.29 is 19.0 Å². The van der Waals surface area contributed by atoms with E-state index in [0.717, 1.165) is 5.56 Å². The summed E-state index contributed by atoms with van der Waals surface area (Å²) in [6, 6.07) is 17.1. The molecule has 0 atom stereocenters. The van der Waals surface area contributed by atoms with E-state index in [1.165, 1.54) is 0 Å². The van der Waals surface area contributed by atoms with Gasteiger partial charge in [-0.05, 0) is 29.3 Å². The summed E-state index contributed by atoms with van der Waals surface area (Å²) in [5.74, 6) is 0.857. The first-order chi connectivity index (χ1) is 13.7. The lowest BCUT2D eigenvalue weighted by Crippen LogP contribution is -2.41. The Kier molecular flexibility index (Phi) is 6.66. The summed E-state index contributed by atoms with van der Waals surface area (Å²) in [4.78, 5) is 14.2. The van der Waals surface area contributed by atoms with E-state index in [4.69, 9.17) is 14.2 Å². The van der Waals surface area contributed by atoms with Crippen LogP contribution in [0.2, 0.25) is 0 Å². The van der Waals surface area contributed by atoms with Gasteiger partial charge in [0.2, 0.25) is 0 Å². The summed E-state index contributed by atoms with van der Waals surface area (Å²) in [6.45, 7) is 2.36. The number of carbonyl (C=O) groups is 1. The fourth-order valence-electron chi connectivity index (χ4n) is 2.88. The normalized spacial score (nSPS) is 14.3. The van der Waals surface area contributed by atoms with Crippen molar-refractivity contribution in [1.82, 2.24) is 4.90 Å². The predicted molar refractivity (Wildman–Crippen MR) is 105 cm³/mol. The molecule has 2 aromatic rings. The van der Waals surface area contributed by atoms with Crippen LogP contribution in [0.4, 0.5) is 0 Å². The summed E-state index contributed by atoms with van der Waals surface area (Å²) < 4.78 is 16.5. The van der Waals surface area contributed by atoms with Gasteiger partial charge >= 0.3 is 0 Å². The molecule has 2 aromatic carbocycles. The number of benzene rings is 2. The average Bonchev–Trinajstić information content (AvgIpc) is 2.77. The van der Waals surface area contributed by atoms with E-state index in [2.05, 4.69) is 0 Å². The maximum atomic E-state index is 12.6. The first kappa shape index (κ1) is 19.5. The van der Waals surface area contributed by atoms with Crippen molar-refractivity contribution in [2.75, 3.05) is 33.4 Å². The molecule has 0 bridgehead atoms. The Morgan fingerprint density at radius 1 is 1.18 bits per heavy atom. The Balaban J connectivity index is 1.79. The number of ether oxygens (including phenoxy) is 3. The monoisotopic (exact) mass is 378 g/mol. The van der Waals surface area contributed by atoms with E-state index in [9.17, 15) is 10.1 Å². The summed E-state index contributed by atoms with van der Waals surface area (Å²) in [5, 5.41) is 9.46. The number of nitriles is 1. The zero-order chi connectivity index (χ0) is 19.8. The molecule has 0 saturated carbocycles. The number of methoxy groups -OCH3 is 1. The molecule has 1 heterocycles. The van der Waals surface area contributed by atoms with Gasteiger partial charge in [-0.15, -0.1) is 0 Å². The minimum absolute atomic E-state index is 0.0843. The third kappa shape index (κ3) is 4.90. The van der Waals surface area contributed by atoms with Gasteiger partial charge in [0.15, 0.2) is 11.5 Å². The lowest BCUT2D eigenvalue weighted by atomic mass is 10.1. The molecule has 1 aliphatic rings. The van der Waals surface area contributed by atoms with Gasteiger partial charge in [-0.1, -0.05) is 36.4 Å². The van der Waals surface area contributed by atoms with Crippen molar-refractivity contribution in [3.63, 3.8) is 0 Å². The van der Waals surface area contributed by atoms with Crippen LogP contribution >= 0.6 is 0 Å². The molecule has 0 N–H and O–H groups in total. The maximum absolute atomic E-state index is 12.6. The van der Waals surface area contributed by atoms with Crippen molar-refractivity contribution in [2.24, 2.45) is 0 Å². The quantitative estimate of drug-likeness (QED) is 0.571. The Labute approximate surface area is 164 Å². The first-order valence-corrected chi connectivity index (χ1v) is 9.05. The van der Waals surface area contributed by atoms with Gasteiger partial charge in [0.1, 0.15) is 18.2 Å². The number of amides is 1. The highest BCUT2D eigenvalue weighted by Crippen LogP contribution is 2.30. The van der Waals surface area contributed by atoms with Crippen molar-refractivity contribution in [3.05, 3.63) is 65.2 Å². The van der Waals surface area contributed by atoms with Gasteiger partial charge < -0.3 is 19.1 Å². The minimum Gasteiger partial charge on any atom is -0.493 e. The van der Waals surface area contributed by atoms with Crippen molar-refractivity contribution in [2.45, 2.75) is 6.61 Å². The molecule has 0 radical (unpaired) electrons. The Hall–Kier alpha value is -3.30. The standard InChI is InChI=1S/C22H22N2O4/c1-26-20-8-7-18(14-21(20)28-16-17-5-3-2-4-6-17)13-19(15-23)22(25)24-9-11-27-12-10-24/h2-8,13-14H,9-12,16H2,1H3/b19-13+. The topological polar surface area (TPSA) is 71.8 Å². The highest BCUT2D eigenvalue weighted by molar-refractivity contribution is 6.01. The molecule has 6 heteroatoms. The van der Waals surface area contributed by atoms with E-state index >= 15 is 0 Å². The van der Waals surface area contributed by atoms with Crippen LogP contribution in [0, 0.1) is 11.3 Å². The van der Waals surface area contributed by atoms with Crippen LogP contribution in [0.25, 0.3) is 6.08 Å². The largest absolute Gasteiger partial charge is 0.493 e. The highest BCUT2D eigenvalue weighted by atomic mass is 16.5. The minimum atomic E-state index is -0.284. The van der Waals surface area contributed by atoms with Crippen LogP contribution in [-0.4, -0.2) is 44.2 Å². The maximum Gasteiger partial charge on any atom is 0.264 e. The zero-order valence-corrected chi connectivity index (χ0v) is 15.8. The smallest absolute Gasteiger partial charge is 0.264 e. The van der Waals surface area contributed by atoms with Crippen molar-refractivity contribution >= 4 is 12.0 Å². The van der Waals surface area contributed by atoms with Gasteiger partial charge in [0.05, 0.1) is 20.3 Å². The van der Waals surface area contributed by atoms with E-state index in [-0.39, 0.29) is 11.5 Å². The lowest BCUT2D eigenvalue weighted by molar-refractivity contribution is -0.130. The van der Waals surface area contributed by atoms with Crippen LogP contribution < -0.4 is 9.47 Å². The molecular weight excluding hydrogens is 356 g/mol. The number of nitrogens with zero attached hydrogens (tertiary/aromatic N) is 2. The molecule has 1 fully saturated rings. The van der Waals surface area contributed by atoms with E-state index in [0.29, 0.717) is 50.0 Å². The number of hydrogen-bond acceptors (Lipinski definition) is 5. The van der Waals surface area contributed by atoms with E-state index < -0.39 is 0 Å². The molecule has 1 aliphatic heterocycles. The second-order valence-electron chi connectivity index (χ2n) is 6.26. The van der Waals surface area contributed by atoms with Gasteiger partial charge in [0, 0.05) is 13.1 Å². The van der Waals surface area contributed by atoms with Crippen molar-refractivity contribution in [1.29, 1.82) is 5.26 Å². The summed E-state index contributed by atoms with van der Waals surface area (Å²) >= 11 is 0. The van der Waals surface area contributed by atoms with E-state index in [1.807, 2.05) is 36.4 Å². The van der Waals surface area contributed by atoms with Crippen LogP contribution in [0.5, 0.6) is 11.5 Å². The average molecular weight is 378 g/mol. The van der Waals surface area contributed by atoms with Crippen molar-refractivity contribution in [3.8, 4) is 17.6 Å². The molecule has 0 aromatic heterocycles. The molecule has 0 spiro atoms. The van der Waals surface area contributed by atoms with Crippen LogP contribution in [-0.2, 0) is 16.1 Å². The molecule has 1 saturated heterocycles. The zero-order valence-electron chi connectivity index (χ0n) is 15.8. The lowest BCUT2D eigenvalue weighted by Gasteiger charge is -2.26. The number of carbonyl (C=O) groups excluding carboxylic acids is 1. The second-order valence-corrected chi connectivity index (χ2v) is 6.26. The molecule has 0 aliphatic carbocycles. The Bertz CT molecular complexity index is 881. The second kappa shape index (κ2) is 9.58. The van der Waals surface area contributed by atoms with Gasteiger partial charge in [0.25, 0.3) is 5.91 Å². The SMILES string of the molecule is COc1ccc(/C=C(\C#N)C(=O)N2CCOCC2)cc1OCc1ccccc1. The molecule has 1 amide bonds. The number of rotatable bonds is 6. The van der Waals surface area contributed by atoms with Gasteiger partial charge in [-0.2, -0.15) is 5.26 Å². The molecule has 0 unspecified atom stereocenters.